The van der Waals surface area contributed by atoms with E-state index in [1.54, 1.807) is 65.0 Å². The van der Waals surface area contributed by atoms with Crippen molar-refractivity contribution in [3.8, 4) is 69.6 Å². The van der Waals surface area contributed by atoms with Gasteiger partial charge >= 0.3 is 0 Å². The number of halogens is 3. The number of amides is 3. The number of ether oxygens (including phenoxy) is 1. The summed E-state index contributed by atoms with van der Waals surface area (Å²) >= 11 is 0. The number of nitrogens with zero attached hydrogens (tertiary/aromatic N) is 27. The highest BCUT2D eigenvalue weighted by Gasteiger charge is 2.38. The first kappa shape index (κ1) is 97.3. The second-order valence-electron chi connectivity index (χ2n) is 36.8. The number of likely N-dealkylation sites (N-methyl/N-ethyl adjacent to an activating group) is 1. The van der Waals surface area contributed by atoms with E-state index in [4.69, 9.17) is 46.2 Å². The number of pyridine rings is 3. The first-order valence-corrected chi connectivity index (χ1v) is 48.3. The quantitative estimate of drug-likeness (QED) is 0.0304. The van der Waals surface area contributed by atoms with Gasteiger partial charge in [-0.15, -0.1) is 0 Å². The molecule has 6 N–H and O–H groups in total. The maximum atomic E-state index is 17.0. The number of fused-ring (bicyclic) bond motifs is 3. The van der Waals surface area contributed by atoms with Crippen LogP contribution in [0.3, 0.4) is 0 Å². The number of nitrogens with two attached hydrogens (primary N) is 1. The third-order valence-corrected chi connectivity index (χ3v) is 27.0. The van der Waals surface area contributed by atoms with Gasteiger partial charge in [-0.3, -0.25) is 34.0 Å². The van der Waals surface area contributed by atoms with Crippen molar-refractivity contribution in [3.63, 3.8) is 0 Å². The lowest BCUT2D eigenvalue weighted by molar-refractivity contribution is -0.132. The zero-order chi connectivity index (χ0) is 97.1. The van der Waals surface area contributed by atoms with Crippen LogP contribution in [0.4, 0.5) is 48.1 Å². The van der Waals surface area contributed by atoms with Crippen molar-refractivity contribution in [2.75, 3.05) is 201 Å². The maximum Gasteiger partial charge on any atom is 0.236 e. The highest BCUT2D eigenvalue weighted by atomic mass is 19.1. The summed E-state index contributed by atoms with van der Waals surface area (Å²) in [6, 6.07) is 45.8. The Labute approximate surface area is 811 Å². The highest BCUT2D eigenvalue weighted by Crippen LogP contribution is 2.38. The van der Waals surface area contributed by atoms with E-state index in [1.807, 2.05) is 166 Å². The molecular formula is C101H119F3N30O6. The number of piperidine rings is 4. The van der Waals surface area contributed by atoms with Gasteiger partial charge in [0.2, 0.25) is 35.2 Å². The summed E-state index contributed by atoms with van der Waals surface area (Å²) in [6.45, 7) is 17.4. The predicted molar refractivity (Wildman–Crippen MR) is 525 cm³/mol. The van der Waals surface area contributed by atoms with Crippen LogP contribution < -0.4 is 40.7 Å². The molecule has 9 aromatic heterocycles. The third kappa shape index (κ3) is 23.8. The number of phenolic OH excluding ortho intramolecular Hbond substituents is 2. The molecule has 16 heterocycles. The second-order valence-corrected chi connectivity index (χ2v) is 36.8. The maximum absolute atomic E-state index is 17.0. The highest BCUT2D eigenvalue weighted by molar-refractivity contribution is 5.82. The summed E-state index contributed by atoms with van der Waals surface area (Å²) in [5.74, 6) is 1.58. The molecule has 3 aromatic carbocycles. The smallest absolute Gasteiger partial charge is 0.236 e. The number of piperazine rings is 3. The van der Waals surface area contributed by atoms with E-state index in [9.17, 15) is 24.6 Å². The Balaban J connectivity index is 0.000000145. The molecule has 730 valence electrons. The van der Waals surface area contributed by atoms with Gasteiger partial charge in [-0.2, -0.15) is 44.3 Å². The number of rotatable bonds is 28. The normalized spacial score (nSPS) is 18.2. The van der Waals surface area contributed by atoms with Gasteiger partial charge in [0.05, 0.1) is 70.0 Å². The predicted octanol–water partition coefficient (Wildman–Crippen LogP) is 9.88. The van der Waals surface area contributed by atoms with Crippen molar-refractivity contribution < 1.29 is 42.5 Å². The number of benzene rings is 3. The minimum absolute atomic E-state index is 0.101. The zero-order valence-corrected chi connectivity index (χ0v) is 79.1. The topological polar surface area (TPSA) is 390 Å². The van der Waals surface area contributed by atoms with Crippen LogP contribution in [0.25, 0.3) is 50.7 Å². The van der Waals surface area contributed by atoms with Crippen LogP contribution in [0.5, 0.6) is 17.2 Å². The molecule has 7 aliphatic rings. The largest absolute Gasteiger partial charge is 0.508 e. The number of anilines is 6. The molecular weight excluding hydrogens is 1790 g/mol. The molecule has 7 fully saturated rings. The van der Waals surface area contributed by atoms with Crippen LogP contribution in [-0.2, 0) is 34.0 Å². The first-order chi connectivity index (χ1) is 68.3. The summed E-state index contributed by atoms with van der Waals surface area (Å²) in [7, 11) is 3.95. The van der Waals surface area contributed by atoms with Gasteiger partial charge in [0.1, 0.15) is 43.1 Å². The third-order valence-electron chi connectivity index (χ3n) is 27.0. The number of phenols is 2. The van der Waals surface area contributed by atoms with E-state index in [0.717, 1.165) is 137 Å². The van der Waals surface area contributed by atoms with Crippen LogP contribution in [0.2, 0.25) is 0 Å². The minimum atomic E-state index is -0.516. The molecule has 7 saturated heterocycles. The Morgan fingerprint density at radius 1 is 0.457 bits per heavy atom. The van der Waals surface area contributed by atoms with E-state index in [0.29, 0.717) is 170 Å². The van der Waals surface area contributed by atoms with Gasteiger partial charge in [0.25, 0.3) is 0 Å². The molecule has 0 aliphatic carbocycles. The Hall–Kier alpha value is -14.4. The van der Waals surface area contributed by atoms with Crippen molar-refractivity contribution in [3.05, 3.63) is 199 Å². The van der Waals surface area contributed by atoms with Crippen molar-refractivity contribution >= 4 is 69.2 Å². The van der Waals surface area contributed by atoms with E-state index >= 15 is 13.2 Å². The monoisotopic (exact) mass is 1900 g/mol. The lowest BCUT2D eigenvalue weighted by Crippen LogP contribution is -2.53. The molecule has 0 spiro atoms. The van der Waals surface area contributed by atoms with Crippen LogP contribution in [0.15, 0.2) is 165 Å². The molecule has 0 saturated carbocycles. The Kier molecular flexibility index (Phi) is 31.9. The lowest BCUT2D eigenvalue weighted by Gasteiger charge is -2.43. The summed E-state index contributed by atoms with van der Waals surface area (Å²) in [4.78, 5) is 90.9. The molecule has 0 radical (unpaired) electrons. The zero-order valence-electron chi connectivity index (χ0n) is 79.1. The van der Waals surface area contributed by atoms with Gasteiger partial charge in [-0.05, 0) is 168 Å². The number of hydrogen-bond acceptors (Lipinski definition) is 30. The number of nitrogens with one attached hydrogen (secondary N) is 2. The Morgan fingerprint density at radius 2 is 0.871 bits per heavy atom. The number of aromatic nitrogens is 12. The van der Waals surface area contributed by atoms with Crippen LogP contribution in [0, 0.1) is 51.4 Å². The van der Waals surface area contributed by atoms with E-state index in [-0.39, 0.29) is 95.8 Å². The fourth-order valence-corrected chi connectivity index (χ4v) is 19.7. The SMILES string of the molecule is CN(C)CCN(c1nc(-c2cnn3ccccc23)nc(N2CCN(Cc3cccc(O)c3)CC2)c1F)[C@@H]1CCCN(C(=O)CC#N)C1.N#CCC(=O)N1CCC[C@@H](Nc2nc(-c3cnn4ccccc34)nc(N3CCN(C4CCN(Cc5cccc(O)c5)CC4)CC3)c2F)C1.N#CCC(=O)N1CCC[C@@H](Nc2nc(-c3cnn4ccccc34)nc(N3CCN(Cc4ccc(OCCN)cc4)CC3)c2F)C1. The summed E-state index contributed by atoms with van der Waals surface area (Å²) < 4.78 is 60.5. The Morgan fingerprint density at radius 3 is 1.31 bits per heavy atom. The molecule has 3 atom stereocenters. The molecule has 140 heavy (non-hydrogen) atoms. The number of carbonyl (C=O) groups excluding carboxylic acids is 3. The fraction of sp³-hybridized carbons (Fsp3) is 0.436. The molecule has 7 aliphatic heterocycles. The summed E-state index contributed by atoms with van der Waals surface area (Å²) in [5, 5.41) is 66.9. The molecule has 36 nitrogen and oxygen atoms in total. The second kappa shape index (κ2) is 45.9. The van der Waals surface area contributed by atoms with Crippen molar-refractivity contribution in [1.29, 1.82) is 15.8 Å². The minimum Gasteiger partial charge on any atom is -0.508 e. The first-order valence-electron chi connectivity index (χ1n) is 48.3. The molecule has 0 bridgehead atoms. The lowest BCUT2D eigenvalue weighted by atomic mass is 10.0. The number of carbonyl (C=O) groups is 3. The molecule has 3 amide bonds. The fourth-order valence-electron chi connectivity index (χ4n) is 19.7. The van der Waals surface area contributed by atoms with Gasteiger partial charge in [-0.1, -0.05) is 54.6 Å². The standard InChI is InChI=1S/C35H41FN10O2.C34H41FN10O2.C32H37FN10O2/c36-32-34(39-26-6-4-13-45(24-26)31(48)9-12-37)40-33(29-22-38-46-14-2-1-8-30(29)46)41-35(32)44-19-17-43(18-20-44)27-10-15-42(16-11-27)23-25-5-3-7-28(47)21-25;1-40(2)15-20-44(26-8-6-13-43(24-26)30(47)11-12-36)34-31(35)33(38-32(39-34)28-22-37-45-14-4-3-10-29(28)45)42-18-16-41(17-19-42)23-25-7-5-9-27(46)21-25;33-29-31(37-24-4-3-13-42(22-24)28(44)10-11-34)38-30(26-20-36-43-14-2-1-5-27(26)43)39-32(29)41-17-15-40(16-18-41)21-23-6-8-25(9-7-23)45-19-12-35/h1-3,5,7-8,14,21-22,26-27,47H,4,6,9-11,13,15-20,23-24H2,(H,39,40,41);3-5,7,9-10,14,21-22,26,46H,6,8,11,13,15-20,23-24H2,1-2H3;1-2,5-9,14,20,24H,3-4,10,12-13,15-19,21-22,35H2,(H,37,38,39)/t2*26-;24-/m111/s1. The Bertz CT molecular complexity index is 6410. The van der Waals surface area contributed by atoms with Crippen molar-refractivity contribution in [2.45, 2.75) is 114 Å². The molecule has 12 aromatic rings. The molecule has 0 unspecified atom stereocenters. The van der Waals surface area contributed by atoms with Crippen molar-refractivity contribution in [1.82, 2.24) is 97.9 Å². The molecule has 19 rings (SSSR count). The van der Waals surface area contributed by atoms with Crippen molar-refractivity contribution in [2.24, 2.45) is 5.73 Å². The number of hydrogen-bond donors (Lipinski definition) is 5. The van der Waals surface area contributed by atoms with Crippen LogP contribution in [0.1, 0.15) is 87.3 Å². The number of nitriles is 3. The van der Waals surface area contributed by atoms with Crippen LogP contribution in [-0.4, -0.2) is 321 Å². The van der Waals surface area contributed by atoms with E-state index < -0.39 is 17.5 Å². The van der Waals surface area contributed by atoms with E-state index in [2.05, 4.69) is 73.7 Å². The van der Waals surface area contributed by atoms with Gasteiger partial charge in [0.15, 0.2) is 52.4 Å². The van der Waals surface area contributed by atoms with Crippen LogP contribution >= 0.6 is 0 Å². The average Bonchev–Trinajstić information content (AvgIpc) is 0.852. The van der Waals surface area contributed by atoms with Gasteiger partial charge in [-0.25, -0.2) is 43.5 Å². The summed E-state index contributed by atoms with van der Waals surface area (Å²) in [6.07, 6.45) is 16.9. The van der Waals surface area contributed by atoms with E-state index in [1.165, 1.54) is 5.56 Å². The van der Waals surface area contributed by atoms with Gasteiger partial charge < -0.3 is 70.5 Å². The molecule has 39 heteroatoms. The summed E-state index contributed by atoms with van der Waals surface area (Å²) in [5.41, 5.74) is 13.4. The number of likely N-dealkylation sites (tertiary alicyclic amines) is 4. The average molecular weight is 1910 g/mol. The number of aromatic hydroxyl groups is 2. The van der Waals surface area contributed by atoms with Gasteiger partial charge in [0, 0.05) is 200 Å².